The minimum Gasteiger partial charge on any atom is -0.383 e. The molecule has 138 valence electrons. The largest absolute Gasteiger partial charge is 0.383 e. The summed E-state index contributed by atoms with van der Waals surface area (Å²) in [6.07, 6.45) is 2.37. The predicted molar refractivity (Wildman–Crippen MR) is 92.5 cm³/mol. The maximum absolute atomic E-state index is 12.5. The van der Waals surface area contributed by atoms with Crippen molar-refractivity contribution >= 4 is 11.8 Å². The van der Waals surface area contributed by atoms with Crippen molar-refractivity contribution in [2.45, 2.75) is 32.2 Å². The highest BCUT2D eigenvalue weighted by Gasteiger charge is 2.29. The number of methoxy groups -OCH3 is 1. The molecule has 2 heterocycles. The maximum atomic E-state index is 12.5. The van der Waals surface area contributed by atoms with E-state index in [0.29, 0.717) is 25.4 Å². The van der Waals surface area contributed by atoms with Crippen LogP contribution in [0.4, 0.5) is 0 Å². The Morgan fingerprint density at radius 3 is 2.25 bits per heavy atom. The molecule has 24 heavy (non-hydrogen) atoms. The van der Waals surface area contributed by atoms with Crippen LogP contribution in [-0.4, -0.2) is 92.1 Å². The van der Waals surface area contributed by atoms with Gasteiger partial charge >= 0.3 is 0 Å². The Balaban J connectivity index is 1.71. The molecule has 0 aliphatic carbocycles. The van der Waals surface area contributed by atoms with Gasteiger partial charge in [0.1, 0.15) is 6.04 Å². The third-order valence-corrected chi connectivity index (χ3v) is 5.23. The molecule has 7 heteroatoms. The fourth-order valence-electron chi connectivity index (χ4n) is 3.53. The summed E-state index contributed by atoms with van der Waals surface area (Å²) in [4.78, 5) is 30.8. The van der Waals surface area contributed by atoms with E-state index < -0.39 is 6.04 Å². The second kappa shape index (κ2) is 9.34. The number of amides is 2. The van der Waals surface area contributed by atoms with Gasteiger partial charge in [-0.05, 0) is 25.3 Å². The van der Waals surface area contributed by atoms with Gasteiger partial charge in [0.15, 0.2) is 0 Å². The lowest BCUT2D eigenvalue weighted by Gasteiger charge is -2.36. The van der Waals surface area contributed by atoms with Gasteiger partial charge < -0.3 is 25.2 Å². The quantitative estimate of drug-likeness (QED) is 0.721. The molecule has 2 fully saturated rings. The van der Waals surface area contributed by atoms with Crippen LogP contribution in [0.2, 0.25) is 0 Å². The monoisotopic (exact) mass is 340 g/mol. The van der Waals surface area contributed by atoms with Gasteiger partial charge in [-0.15, -0.1) is 0 Å². The van der Waals surface area contributed by atoms with Crippen LogP contribution in [-0.2, 0) is 14.3 Å². The molecule has 0 bridgehead atoms. The van der Waals surface area contributed by atoms with E-state index in [1.165, 1.54) is 0 Å². The molecule has 1 unspecified atom stereocenters. The van der Waals surface area contributed by atoms with Crippen LogP contribution in [0.3, 0.4) is 0 Å². The molecule has 0 aromatic rings. The fourth-order valence-corrected chi connectivity index (χ4v) is 3.53. The molecular weight excluding hydrogens is 308 g/mol. The Bertz CT molecular complexity index is 416. The van der Waals surface area contributed by atoms with Crippen molar-refractivity contribution in [1.29, 1.82) is 0 Å². The van der Waals surface area contributed by atoms with Crippen LogP contribution in [0.15, 0.2) is 0 Å². The Hall–Kier alpha value is -1.18. The molecule has 0 aromatic carbocycles. The van der Waals surface area contributed by atoms with Crippen LogP contribution in [0, 0.1) is 5.92 Å². The molecule has 2 aliphatic rings. The molecule has 7 nitrogen and oxygen atoms in total. The van der Waals surface area contributed by atoms with Crippen molar-refractivity contribution < 1.29 is 14.3 Å². The summed E-state index contributed by atoms with van der Waals surface area (Å²) in [5.41, 5.74) is 5.81. The van der Waals surface area contributed by atoms with Gasteiger partial charge in [-0.2, -0.15) is 0 Å². The molecule has 0 aromatic heterocycles. The van der Waals surface area contributed by atoms with E-state index in [4.69, 9.17) is 10.5 Å². The van der Waals surface area contributed by atoms with Gasteiger partial charge in [-0.3, -0.25) is 9.59 Å². The van der Waals surface area contributed by atoms with Crippen LogP contribution in [0.5, 0.6) is 0 Å². The number of likely N-dealkylation sites (tertiary alicyclic amines) is 1. The van der Waals surface area contributed by atoms with Crippen LogP contribution < -0.4 is 5.73 Å². The van der Waals surface area contributed by atoms with Crippen LogP contribution in [0.1, 0.15) is 26.2 Å². The lowest BCUT2D eigenvalue weighted by atomic mass is 9.92. The first-order valence-corrected chi connectivity index (χ1v) is 9.08. The zero-order valence-corrected chi connectivity index (χ0v) is 15.1. The SMILES string of the molecule is CCN1CCN(C(=O)CC2CCN(C(=O)C(N)COC)CC2)CC1. The number of hydrogen-bond donors (Lipinski definition) is 1. The van der Waals surface area contributed by atoms with Gasteiger partial charge in [0.2, 0.25) is 11.8 Å². The fraction of sp³-hybridized carbons (Fsp3) is 0.882. The van der Waals surface area contributed by atoms with E-state index in [-0.39, 0.29) is 18.4 Å². The number of ether oxygens (including phenoxy) is 1. The first-order valence-electron chi connectivity index (χ1n) is 9.08. The van der Waals surface area contributed by atoms with Crippen molar-refractivity contribution in [1.82, 2.24) is 14.7 Å². The maximum Gasteiger partial charge on any atom is 0.241 e. The molecule has 0 saturated carbocycles. The van der Waals surface area contributed by atoms with E-state index in [1.807, 2.05) is 9.80 Å². The zero-order chi connectivity index (χ0) is 17.5. The number of nitrogens with zero attached hydrogens (tertiary/aromatic N) is 3. The number of rotatable bonds is 6. The number of piperazine rings is 1. The second-order valence-corrected chi connectivity index (χ2v) is 6.85. The average Bonchev–Trinajstić information content (AvgIpc) is 2.62. The Labute approximate surface area is 145 Å². The van der Waals surface area contributed by atoms with E-state index >= 15 is 0 Å². The van der Waals surface area contributed by atoms with E-state index in [0.717, 1.165) is 45.6 Å². The van der Waals surface area contributed by atoms with Gasteiger partial charge in [0.25, 0.3) is 0 Å². The topological polar surface area (TPSA) is 79.1 Å². The number of carbonyl (C=O) groups is 2. The first-order chi connectivity index (χ1) is 11.5. The molecule has 2 rings (SSSR count). The summed E-state index contributed by atoms with van der Waals surface area (Å²) >= 11 is 0. The lowest BCUT2D eigenvalue weighted by Crippen LogP contribution is -2.50. The van der Waals surface area contributed by atoms with Crippen molar-refractivity contribution in [3.8, 4) is 0 Å². The summed E-state index contributed by atoms with van der Waals surface area (Å²) in [7, 11) is 1.55. The summed E-state index contributed by atoms with van der Waals surface area (Å²) in [5, 5.41) is 0. The van der Waals surface area contributed by atoms with Gasteiger partial charge in [0.05, 0.1) is 6.61 Å². The number of nitrogens with two attached hydrogens (primary N) is 1. The minimum absolute atomic E-state index is 0.0442. The van der Waals surface area contributed by atoms with Crippen molar-refractivity contribution in [3.05, 3.63) is 0 Å². The van der Waals surface area contributed by atoms with Gasteiger partial charge in [-0.1, -0.05) is 6.92 Å². The Morgan fingerprint density at radius 1 is 1.08 bits per heavy atom. The van der Waals surface area contributed by atoms with E-state index in [2.05, 4.69) is 11.8 Å². The van der Waals surface area contributed by atoms with Crippen LogP contribution >= 0.6 is 0 Å². The average molecular weight is 340 g/mol. The molecule has 2 saturated heterocycles. The van der Waals surface area contributed by atoms with Crippen LogP contribution in [0.25, 0.3) is 0 Å². The van der Waals surface area contributed by atoms with Crippen molar-refractivity contribution in [2.24, 2.45) is 11.7 Å². The zero-order valence-electron chi connectivity index (χ0n) is 15.1. The number of hydrogen-bond acceptors (Lipinski definition) is 5. The lowest BCUT2D eigenvalue weighted by molar-refractivity contribution is -0.136. The third-order valence-electron chi connectivity index (χ3n) is 5.23. The smallest absolute Gasteiger partial charge is 0.241 e. The molecule has 1 atom stereocenters. The molecule has 0 spiro atoms. The molecule has 2 N–H and O–H groups in total. The number of carbonyl (C=O) groups excluding carboxylic acids is 2. The van der Waals surface area contributed by atoms with Crippen molar-refractivity contribution in [2.75, 3.05) is 59.5 Å². The predicted octanol–water partition coefficient (Wildman–Crippen LogP) is -0.247. The molecule has 2 aliphatic heterocycles. The second-order valence-electron chi connectivity index (χ2n) is 6.85. The summed E-state index contributed by atoms with van der Waals surface area (Å²) in [6.45, 7) is 8.49. The summed E-state index contributed by atoms with van der Waals surface area (Å²) < 4.78 is 4.95. The number of piperidine rings is 1. The van der Waals surface area contributed by atoms with E-state index in [1.54, 1.807) is 7.11 Å². The highest BCUT2D eigenvalue weighted by molar-refractivity contribution is 5.82. The number of likely N-dealkylation sites (N-methyl/N-ethyl adjacent to an activating group) is 1. The molecule has 2 amide bonds. The van der Waals surface area contributed by atoms with Gasteiger partial charge in [-0.25, -0.2) is 0 Å². The highest BCUT2D eigenvalue weighted by Crippen LogP contribution is 2.22. The third kappa shape index (κ3) is 5.16. The normalized spacial score (nSPS) is 21.8. The molecular formula is C17H32N4O3. The Kier molecular flexibility index (Phi) is 7.45. The summed E-state index contributed by atoms with van der Waals surface area (Å²) in [5.74, 6) is 0.605. The first kappa shape index (κ1) is 19.1. The van der Waals surface area contributed by atoms with E-state index in [9.17, 15) is 9.59 Å². The highest BCUT2D eigenvalue weighted by atomic mass is 16.5. The Morgan fingerprint density at radius 2 is 1.71 bits per heavy atom. The minimum atomic E-state index is -0.581. The van der Waals surface area contributed by atoms with Crippen molar-refractivity contribution in [3.63, 3.8) is 0 Å². The van der Waals surface area contributed by atoms with Gasteiger partial charge in [0, 0.05) is 52.8 Å². The standard InChI is InChI=1S/C17H32N4O3/c1-3-19-8-10-20(11-9-19)16(22)12-14-4-6-21(7-5-14)17(23)15(18)13-24-2/h14-15H,3-13,18H2,1-2H3. The summed E-state index contributed by atoms with van der Waals surface area (Å²) in [6, 6.07) is -0.581. The molecule has 0 radical (unpaired) electrons.